The van der Waals surface area contributed by atoms with E-state index >= 15 is 0 Å². The fourth-order valence-electron chi connectivity index (χ4n) is 2.57. The molecule has 0 aliphatic heterocycles. The minimum Gasteiger partial charge on any atom is -0.294 e. The van der Waals surface area contributed by atoms with Crippen molar-refractivity contribution in [1.82, 2.24) is 0 Å². The Kier molecular flexibility index (Phi) is 3.76. The molecule has 18 heavy (non-hydrogen) atoms. The summed E-state index contributed by atoms with van der Waals surface area (Å²) in [5.74, 6) is -0.606. The molecule has 1 aromatic rings. The Hall–Kier alpha value is -0.890. The minimum absolute atomic E-state index is 0.0336. The van der Waals surface area contributed by atoms with E-state index in [2.05, 4.69) is 13.8 Å². The molecular weight excluding hydrogens is 251 g/mol. The number of hydrogen-bond donors (Lipinski definition) is 0. The SMILES string of the molecule is CC1(C)CCC(C(=O)c2ccc(Cl)cc2F)CC1. The third kappa shape index (κ3) is 2.92. The summed E-state index contributed by atoms with van der Waals surface area (Å²) >= 11 is 5.69. The highest BCUT2D eigenvalue weighted by Crippen LogP contribution is 2.39. The van der Waals surface area contributed by atoms with Gasteiger partial charge in [-0.15, -0.1) is 0 Å². The molecule has 1 fully saturated rings. The topological polar surface area (TPSA) is 17.1 Å². The summed E-state index contributed by atoms with van der Waals surface area (Å²) < 4.78 is 13.7. The first-order valence-corrected chi connectivity index (χ1v) is 6.76. The fraction of sp³-hybridized carbons (Fsp3) is 0.533. The lowest BCUT2D eigenvalue weighted by molar-refractivity contribution is 0.0834. The highest BCUT2D eigenvalue weighted by atomic mass is 35.5. The Balaban J connectivity index is 2.13. The van der Waals surface area contributed by atoms with Crippen molar-refractivity contribution in [3.63, 3.8) is 0 Å². The first-order chi connectivity index (χ1) is 8.39. The Labute approximate surface area is 112 Å². The van der Waals surface area contributed by atoms with E-state index in [1.54, 1.807) is 6.07 Å². The predicted octanol–water partition coefficient (Wildman–Crippen LogP) is 4.88. The molecule has 0 radical (unpaired) electrons. The average molecular weight is 269 g/mol. The van der Waals surface area contributed by atoms with Crippen LogP contribution in [0, 0.1) is 17.2 Å². The van der Waals surface area contributed by atoms with Gasteiger partial charge in [-0.1, -0.05) is 25.4 Å². The summed E-state index contributed by atoms with van der Waals surface area (Å²) in [5, 5.41) is 0.328. The number of carbonyl (C=O) groups excluding carboxylic acids is 1. The summed E-state index contributed by atoms with van der Waals surface area (Å²) in [6.45, 7) is 4.44. The molecule has 1 aliphatic carbocycles. The van der Waals surface area contributed by atoms with Crippen LogP contribution >= 0.6 is 11.6 Å². The van der Waals surface area contributed by atoms with Crippen molar-refractivity contribution in [3.05, 3.63) is 34.6 Å². The average Bonchev–Trinajstić information content (AvgIpc) is 2.28. The maximum atomic E-state index is 13.7. The Morgan fingerprint density at radius 1 is 1.33 bits per heavy atom. The molecule has 2 rings (SSSR count). The van der Waals surface area contributed by atoms with E-state index in [4.69, 9.17) is 11.6 Å². The molecule has 0 N–H and O–H groups in total. The van der Waals surface area contributed by atoms with Gasteiger partial charge in [0.05, 0.1) is 5.56 Å². The molecular formula is C15H18ClFO. The van der Waals surface area contributed by atoms with Crippen LogP contribution in [0.5, 0.6) is 0 Å². The van der Waals surface area contributed by atoms with E-state index in [1.807, 2.05) is 0 Å². The van der Waals surface area contributed by atoms with Crippen molar-refractivity contribution in [1.29, 1.82) is 0 Å². The zero-order chi connectivity index (χ0) is 13.3. The fourth-order valence-corrected chi connectivity index (χ4v) is 2.73. The summed E-state index contributed by atoms with van der Waals surface area (Å²) in [5.41, 5.74) is 0.499. The second-order valence-electron chi connectivity index (χ2n) is 5.93. The van der Waals surface area contributed by atoms with E-state index in [9.17, 15) is 9.18 Å². The van der Waals surface area contributed by atoms with Crippen LogP contribution in [-0.2, 0) is 0 Å². The maximum Gasteiger partial charge on any atom is 0.168 e. The molecule has 0 aromatic heterocycles. The van der Waals surface area contributed by atoms with Gasteiger partial charge in [0.1, 0.15) is 5.82 Å². The first-order valence-electron chi connectivity index (χ1n) is 6.38. The molecule has 0 spiro atoms. The van der Waals surface area contributed by atoms with Crippen molar-refractivity contribution in [3.8, 4) is 0 Å². The van der Waals surface area contributed by atoms with Crippen LogP contribution in [0.25, 0.3) is 0 Å². The summed E-state index contributed by atoms with van der Waals surface area (Å²) in [4.78, 5) is 12.3. The first kappa shape index (κ1) is 13.5. The third-order valence-electron chi connectivity index (χ3n) is 3.91. The molecule has 1 saturated carbocycles. The van der Waals surface area contributed by atoms with E-state index in [1.165, 1.54) is 12.1 Å². The second-order valence-corrected chi connectivity index (χ2v) is 6.36. The van der Waals surface area contributed by atoms with Crippen LogP contribution in [0.2, 0.25) is 5.02 Å². The summed E-state index contributed by atoms with van der Waals surface area (Å²) in [6.07, 6.45) is 3.76. The lowest BCUT2D eigenvalue weighted by Gasteiger charge is -2.33. The van der Waals surface area contributed by atoms with E-state index in [-0.39, 0.29) is 17.3 Å². The van der Waals surface area contributed by atoms with Crippen LogP contribution in [0.1, 0.15) is 49.9 Å². The van der Waals surface area contributed by atoms with Crippen molar-refractivity contribution in [2.24, 2.45) is 11.3 Å². The Morgan fingerprint density at radius 2 is 1.94 bits per heavy atom. The number of hydrogen-bond acceptors (Lipinski definition) is 1. The standard InChI is InChI=1S/C15H18ClFO/c1-15(2)7-5-10(6-8-15)14(18)12-4-3-11(16)9-13(12)17/h3-4,9-10H,5-8H2,1-2H3. The molecule has 0 heterocycles. The highest BCUT2D eigenvalue weighted by molar-refractivity contribution is 6.30. The molecule has 3 heteroatoms. The molecule has 0 saturated heterocycles. The number of Topliss-reactive ketones (excluding diaryl/α,β-unsaturated/α-hetero) is 1. The normalized spacial score (nSPS) is 19.8. The number of benzene rings is 1. The monoisotopic (exact) mass is 268 g/mol. The lowest BCUT2D eigenvalue weighted by atomic mass is 9.71. The van der Waals surface area contributed by atoms with Crippen molar-refractivity contribution in [2.45, 2.75) is 39.5 Å². The molecule has 1 nitrogen and oxygen atoms in total. The third-order valence-corrected chi connectivity index (χ3v) is 4.14. The van der Waals surface area contributed by atoms with Crippen LogP contribution in [-0.4, -0.2) is 5.78 Å². The van der Waals surface area contributed by atoms with Crippen LogP contribution < -0.4 is 0 Å². The molecule has 0 unspecified atom stereocenters. The minimum atomic E-state index is -0.502. The van der Waals surface area contributed by atoms with Gasteiger partial charge in [-0.2, -0.15) is 0 Å². The number of rotatable bonds is 2. The quantitative estimate of drug-likeness (QED) is 0.699. The van der Waals surface area contributed by atoms with Crippen molar-refractivity contribution < 1.29 is 9.18 Å². The van der Waals surface area contributed by atoms with Gasteiger partial charge in [-0.25, -0.2) is 4.39 Å². The van der Waals surface area contributed by atoms with Gasteiger partial charge in [0, 0.05) is 10.9 Å². The molecule has 0 amide bonds. The number of ketones is 1. The largest absolute Gasteiger partial charge is 0.294 e. The molecule has 98 valence electrons. The van der Waals surface area contributed by atoms with Crippen LogP contribution in [0.4, 0.5) is 4.39 Å². The number of carbonyl (C=O) groups is 1. The smallest absolute Gasteiger partial charge is 0.168 e. The van der Waals surface area contributed by atoms with Gasteiger partial charge in [0.2, 0.25) is 0 Å². The predicted molar refractivity (Wildman–Crippen MR) is 71.5 cm³/mol. The van der Waals surface area contributed by atoms with Gasteiger partial charge in [-0.3, -0.25) is 4.79 Å². The second kappa shape index (κ2) is 5.00. The van der Waals surface area contributed by atoms with Gasteiger partial charge in [-0.05, 0) is 49.3 Å². The zero-order valence-electron chi connectivity index (χ0n) is 10.8. The van der Waals surface area contributed by atoms with Gasteiger partial charge >= 0.3 is 0 Å². The molecule has 0 atom stereocenters. The summed E-state index contributed by atoms with van der Waals surface area (Å²) in [7, 11) is 0. The van der Waals surface area contributed by atoms with E-state index < -0.39 is 5.82 Å². The van der Waals surface area contributed by atoms with E-state index in [0.29, 0.717) is 10.4 Å². The van der Waals surface area contributed by atoms with Gasteiger partial charge in [0.15, 0.2) is 5.78 Å². The molecule has 0 bridgehead atoms. The summed E-state index contributed by atoms with van der Waals surface area (Å²) in [6, 6.07) is 4.28. The van der Waals surface area contributed by atoms with Gasteiger partial charge in [0.25, 0.3) is 0 Å². The van der Waals surface area contributed by atoms with E-state index in [0.717, 1.165) is 25.7 Å². The van der Waals surface area contributed by atoms with Crippen molar-refractivity contribution in [2.75, 3.05) is 0 Å². The van der Waals surface area contributed by atoms with Crippen molar-refractivity contribution >= 4 is 17.4 Å². The Bertz CT molecular complexity index is 458. The lowest BCUT2D eigenvalue weighted by Crippen LogP contribution is -2.26. The Morgan fingerprint density at radius 3 is 2.50 bits per heavy atom. The highest BCUT2D eigenvalue weighted by Gasteiger charge is 2.31. The maximum absolute atomic E-state index is 13.7. The zero-order valence-corrected chi connectivity index (χ0v) is 11.6. The van der Waals surface area contributed by atoms with Crippen LogP contribution in [0.3, 0.4) is 0 Å². The molecule has 1 aliphatic rings. The van der Waals surface area contributed by atoms with Crippen LogP contribution in [0.15, 0.2) is 18.2 Å². The molecule has 1 aromatic carbocycles. The number of halogens is 2. The van der Waals surface area contributed by atoms with Gasteiger partial charge < -0.3 is 0 Å².